The molecule has 1 atom stereocenters. The van der Waals surface area contributed by atoms with Crippen molar-refractivity contribution < 1.29 is 9.53 Å². The maximum atomic E-state index is 12.5. The molecule has 0 N–H and O–H groups in total. The van der Waals surface area contributed by atoms with Gasteiger partial charge in [0.15, 0.2) is 0 Å². The second kappa shape index (κ2) is 4.79. The Morgan fingerprint density at radius 2 is 2.17 bits per heavy atom. The van der Waals surface area contributed by atoms with Gasteiger partial charge >= 0.3 is 0 Å². The Morgan fingerprint density at radius 1 is 1.44 bits per heavy atom. The van der Waals surface area contributed by atoms with E-state index < -0.39 is 5.41 Å². The van der Waals surface area contributed by atoms with Gasteiger partial charge in [-0.25, -0.2) is 0 Å². The van der Waals surface area contributed by atoms with Gasteiger partial charge in [-0.2, -0.15) is 5.26 Å². The van der Waals surface area contributed by atoms with Gasteiger partial charge in [-0.15, -0.1) is 0 Å². The van der Waals surface area contributed by atoms with Crippen molar-refractivity contribution in [3.05, 3.63) is 29.8 Å². The normalized spacial score (nSPS) is 21.8. The number of nitriles is 1. The SMILES string of the molecule is COC[C@@]1(CCC#N)C(=O)N(C)c2ccccc21. The Labute approximate surface area is 107 Å². The lowest BCUT2D eigenvalue weighted by Crippen LogP contribution is -2.42. The summed E-state index contributed by atoms with van der Waals surface area (Å²) >= 11 is 0. The molecule has 0 fully saturated rings. The van der Waals surface area contributed by atoms with E-state index >= 15 is 0 Å². The minimum absolute atomic E-state index is 0.0146. The molecule has 1 amide bonds. The van der Waals surface area contributed by atoms with Crippen LogP contribution in [0.4, 0.5) is 5.69 Å². The van der Waals surface area contributed by atoms with Crippen LogP contribution in [0.2, 0.25) is 0 Å². The molecule has 0 saturated carbocycles. The zero-order valence-electron chi connectivity index (χ0n) is 10.6. The van der Waals surface area contributed by atoms with Gasteiger partial charge in [0.1, 0.15) is 5.41 Å². The molecule has 1 aliphatic rings. The van der Waals surface area contributed by atoms with Crippen molar-refractivity contribution in [2.45, 2.75) is 18.3 Å². The van der Waals surface area contributed by atoms with Crippen LogP contribution in [0.15, 0.2) is 24.3 Å². The molecule has 94 valence electrons. The number of nitrogens with zero attached hydrogens (tertiary/aromatic N) is 2. The van der Waals surface area contributed by atoms with Crippen molar-refractivity contribution >= 4 is 11.6 Å². The first-order valence-corrected chi connectivity index (χ1v) is 5.91. The van der Waals surface area contributed by atoms with Crippen LogP contribution in [0.3, 0.4) is 0 Å². The third-order valence-corrected chi connectivity index (χ3v) is 3.55. The molecule has 0 aliphatic carbocycles. The van der Waals surface area contributed by atoms with E-state index in [-0.39, 0.29) is 5.91 Å². The lowest BCUT2D eigenvalue weighted by atomic mass is 9.78. The molecule has 4 nitrogen and oxygen atoms in total. The first-order valence-electron chi connectivity index (χ1n) is 5.91. The minimum atomic E-state index is -0.699. The quantitative estimate of drug-likeness (QED) is 0.812. The van der Waals surface area contributed by atoms with Gasteiger partial charge in [0.2, 0.25) is 5.91 Å². The van der Waals surface area contributed by atoms with Gasteiger partial charge in [0.25, 0.3) is 0 Å². The number of fused-ring (bicyclic) bond motifs is 1. The van der Waals surface area contributed by atoms with E-state index in [1.807, 2.05) is 24.3 Å². The van der Waals surface area contributed by atoms with Crippen molar-refractivity contribution in [1.29, 1.82) is 5.26 Å². The van der Waals surface area contributed by atoms with Crippen molar-refractivity contribution in [3.63, 3.8) is 0 Å². The molecular weight excluding hydrogens is 228 g/mol. The molecule has 1 aromatic carbocycles. The van der Waals surface area contributed by atoms with Crippen LogP contribution in [0.1, 0.15) is 18.4 Å². The van der Waals surface area contributed by atoms with E-state index in [2.05, 4.69) is 6.07 Å². The second-order valence-corrected chi connectivity index (χ2v) is 4.55. The number of carbonyl (C=O) groups excluding carboxylic acids is 1. The first kappa shape index (κ1) is 12.6. The average molecular weight is 244 g/mol. The summed E-state index contributed by atoms with van der Waals surface area (Å²) in [6.07, 6.45) is 0.842. The van der Waals surface area contributed by atoms with Crippen LogP contribution in [0, 0.1) is 11.3 Å². The molecule has 0 radical (unpaired) electrons. The summed E-state index contributed by atoms with van der Waals surface area (Å²) in [5.74, 6) is 0.0146. The van der Waals surface area contributed by atoms with Gasteiger partial charge in [0, 0.05) is 26.3 Å². The number of para-hydroxylation sites is 1. The standard InChI is InChI=1S/C14H16N2O2/c1-16-12-7-4-3-6-11(12)14(10-18-2,13(16)17)8-5-9-15/h3-4,6-7H,5,8,10H2,1-2H3/t14-/m1/s1. The highest BCUT2D eigenvalue weighted by molar-refractivity contribution is 6.07. The van der Waals surface area contributed by atoms with Crippen molar-refractivity contribution in [1.82, 2.24) is 0 Å². The number of rotatable bonds is 4. The second-order valence-electron chi connectivity index (χ2n) is 4.55. The molecule has 1 heterocycles. The summed E-state index contributed by atoms with van der Waals surface area (Å²) < 4.78 is 5.24. The molecule has 1 aliphatic heterocycles. The summed E-state index contributed by atoms with van der Waals surface area (Å²) in [6, 6.07) is 9.83. The highest BCUT2D eigenvalue weighted by atomic mass is 16.5. The van der Waals surface area contributed by atoms with E-state index in [1.54, 1.807) is 19.1 Å². The van der Waals surface area contributed by atoms with E-state index in [0.717, 1.165) is 11.3 Å². The van der Waals surface area contributed by atoms with Crippen LogP contribution in [-0.2, 0) is 14.9 Å². The van der Waals surface area contributed by atoms with Crippen molar-refractivity contribution in [2.75, 3.05) is 25.7 Å². The molecule has 0 saturated heterocycles. The Bertz CT molecular complexity index is 507. The number of benzene rings is 1. The predicted octanol–water partition coefficient (Wildman–Crippen LogP) is 1.85. The van der Waals surface area contributed by atoms with Gasteiger partial charge in [-0.3, -0.25) is 4.79 Å². The number of carbonyl (C=O) groups is 1. The van der Waals surface area contributed by atoms with Gasteiger partial charge in [-0.1, -0.05) is 18.2 Å². The molecule has 0 spiro atoms. The summed E-state index contributed by atoms with van der Waals surface area (Å²) in [4.78, 5) is 14.2. The number of likely N-dealkylation sites (N-methyl/N-ethyl adjacent to an activating group) is 1. The number of anilines is 1. The molecule has 4 heteroatoms. The van der Waals surface area contributed by atoms with Crippen molar-refractivity contribution in [3.8, 4) is 6.07 Å². The van der Waals surface area contributed by atoms with Gasteiger partial charge < -0.3 is 9.64 Å². The third-order valence-electron chi connectivity index (χ3n) is 3.55. The Morgan fingerprint density at radius 3 is 2.83 bits per heavy atom. The van der Waals surface area contributed by atoms with Crippen molar-refractivity contribution in [2.24, 2.45) is 0 Å². The van der Waals surface area contributed by atoms with Crippen LogP contribution in [0.5, 0.6) is 0 Å². The summed E-state index contributed by atoms with van der Waals surface area (Å²) in [5.41, 5.74) is 1.18. The molecule has 0 unspecified atom stereocenters. The average Bonchev–Trinajstić information content (AvgIpc) is 2.61. The number of ether oxygens (including phenoxy) is 1. The maximum absolute atomic E-state index is 12.5. The van der Waals surface area contributed by atoms with Gasteiger partial charge in [-0.05, 0) is 18.1 Å². The lowest BCUT2D eigenvalue weighted by Gasteiger charge is -2.26. The number of hydrogen-bond acceptors (Lipinski definition) is 3. The Hall–Kier alpha value is -1.86. The number of methoxy groups -OCH3 is 1. The van der Waals surface area contributed by atoms with E-state index in [4.69, 9.17) is 10.00 Å². The Kier molecular flexibility index (Phi) is 3.35. The van der Waals surface area contributed by atoms with E-state index in [0.29, 0.717) is 19.4 Å². The molecule has 0 bridgehead atoms. The topological polar surface area (TPSA) is 53.3 Å². The lowest BCUT2D eigenvalue weighted by molar-refractivity contribution is -0.125. The molecule has 2 rings (SSSR count). The highest BCUT2D eigenvalue weighted by Crippen LogP contribution is 2.44. The smallest absolute Gasteiger partial charge is 0.239 e. The summed E-state index contributed by atoms with van der Waals surface area (Å²) in [6.45, 7) is 0.314. The number of hydrogen-bond donors (Lipinski definition) is 0. The van der Waals surface area contributed by atoms with Gasteiger partial charge in [0.05, 0.1) is 12.7 Å². The fourth-order valence-electron chi connectivity index (χ4n) is 2.69. The monoisotopic (exact) mass is 244 g/mol. The third kappa shape index (κ3) is 1.68. The minimum Gasteiger partial charge on any atom is -0.383 e. The van der Waals surface area contributed by atoms with Crippen LogP contribution in [-0.4, -0.2) is 26.7 Å². The summed E-state index contributed by atoms with van der Waals surface area (Å²) in [7, 11) is 3.35. The van der Waals surface area contributed by atoms with E-state index in [1.165, 1.54) is 0 Å². The fraction of sp³-hybridized carbons (Fsp3) is 0.429. The molecule has 18 heavy (non-hydrogen) atoms. The number of amides is 1. The van der Waals surface area contributed by atoms with Crippen LogP contribution in [0.25, 0.3) is 0 Å². The Balaban J connectivity index is 2.52. The molecule has 0 aromatic heterocycles. The highest BCUT2D eigenvalue weighted by Gasteiger charge is 2.49. The maximum Gasteiger partial charge on any atom is 0.239 e. The van der Waals surface area contributed by atoms with E-state index in [9.17, 15) is 4.79 Å². The molecular formula is C14H16N2O2. The van der Waals surface area contributed by atoms with Crippen LogP contribution >= 0.6 is 0 Å². The first-order chi connectivity index (χ1) is 8.67. The largest absolute Gasteiger partial charge is 0.383 e. The summed E-state index contributed by atoms with van der Waals surface area (Å²) in [5, 5.41) is 8.79. The zero-order valence-corrected chi connectivity index (χ0v) is 10.6. The predicted molar refractivity (Wildman–Crippen MR) is 68.3 cm³/mol. The van der Waals surface area contributed by atoms with Crippen LogP contribution < -0.4 is 4.90 Å². The zero-order chi connectivity index (χ0) is 13.2. The molecule has 1 aromatic rings. The fourth-order valence-corrected chi connectivity index (χ4v) is 2.69.